The average Bonchev–Trinajstić information content (AvgIpc) is 3.21. The number of piperazine rings is 1. The molecular formula is C25H34N2O4. The summed E-state index contributed by atoms with van der Waals surface area (Å²) in [7, 11) is 0. The minimum absolute atomic E-state index is 0.128. The van der Waals surface area contributed by atoms with Crippen molar-refractivity contribution in [1.29, 1.82) is 0 Å². The quantitative estimate of drug-likeness (QED) is 0.734. The van der Waals surface area contributed by atoms with Crippen molar-refractivity contribution in [2.24, 2.45) is 0 Å². The minimum Gasteiger partial charge on any atom is -0.491 e. The summed E-state index contributed by atoms with van der Waals surface area (Å²) in [6, 6.07) is 14.3. The van der Waals surface area contributed by atoms with Gasteiger partial charge in [0, 0.05) is 39.3 Å². The molecule has 31 heavy (non-hydrogen) atoms. The number of ether oxygens (including phenoxy) is 3. The van der Waals surface area contributed by atoms with Crippen molar-refractivity contribution in [3.8, 4) is 17.2 Å². The van der Waals surface area contributed by atoms with Gasteiger partial charge in [-0.2, -0.15) is 0 Å². The van der Waals surface area contributed by atoms with Gasteiger partial charge in [0.2, 0.25) is 6.79 Å². The molecule has 0 aliphatic carbocycles. The van der Waals surface area contributed by atoms with Gasteiger partial charge in [-0.3, -0.25) is 9.80 Å². The van der Waals surface area contributed by atoms with E-state index < -0.39 is 6.10 Å². The first-order valence-electron chi connectivity index (χ1n) is 11.1. The number of fused-ring (bicyclic) bond motifs is 1. The Hall–Kier alpha value is -2.28. The van der Waals surface area contributed by atoms with Crippen LogP contribution in [0.3, 0.4) is 0 Å². The zero-order valence-electron chi connectivity index (χ0n) is 18.8. The molecule has 1 N–H and O–H groups in total. The molecule has 168 valence electrons. The van der Waals surface area contributed by atoms with Crippen LogP contribution < -0.4 is 14.2 Å². The van der Waals surface area contributed by atoms with E-state index in [0.717, 1.165) is 50.0 Å². The maximum Gasteiger partial charge on any atom is 0.231 e. The summed E-state index contributed by atoms with van der Waals surface area (Å²) in [6.45, 7) is 12.6. The fraction of sp³-hybridized carbons (Fsp3) is 0.520. The molecule has 2 aliphatic rings. The van der Waals surface area contributed by atoms with E-state index in [0.29, 0.717) is 19.9 Å². The second kappa shape index (κ2) is 9.47. The van der Waals surface area contributed by atoms with Crippen LogP contribution in [-0.2, 0) is 12.0 Å². The fourth-order valence-electron chi connectivity index (χ4n) is 4.02. The maximum atomic E-state index is 10.4. The number of aliphatic hydroxyl groups is 1. The van der Waals surface area contributed by atoms with E-state index >= 15 is 0 Å². The molecule has 0 radical (unpaired) electrons. The van der Waals surface area contributed by atoms with Crippen LogP contribution in [0.2, 0.25) is 0 Å². The molecule has 6 heteroatoms. The average molecular weight is 427 g/mol. The van der Waals surface area contributed by atoms with E-state index in [9.17, 15) is 5.11 Å². The van der Waals surface area contributed by atoms with E-state index in [-0.39, 0.29) is 5.41 Å². The van der Waals surface area contributed by atoms with E-state index in [4.69, 9.17) is 14.2 Å². The van der Waals surface area contributed by atoms with Crippen molar-refractivity contribution in [3.63, 3.8) is 0 Å². The molecule has 2 heterocycles. The fourth-order valence-corrected chi connectivity index (χ4v) is 4.02. The van der Waals surface area contributed by atoms with E-state index in [1.807, 2.05) is 18.2 Å². The second-order valence-electron chi connectivity index (χ2n) is 9.50. The first kappa shape index (κ1) is 21.9. The number of hydrogen-bond acceptors (Lipinski definition) is 6. The molecular weight excluding hydrogens is 392 g/mol. The first-order valence-corrected chi connectivity index (χ1v) is 11.1. The molecule has 0 spiro atoms. The Morgan fingerprint density at radius 1 is 0.935 bits per heavy atom. The van der Waals surface area contributed by atoms with Gasteiger partial charge in [0.15, 0.2) is 11.5 Å². The Morgan fingerprint density at radius 2 is 1.61 bits per heavy atom. The van der Waals surface area contributed by atoms with Gasteiger partial charge >= 0.3 is 0 Å². The predicted molar refractivity (Wildman–Crippen MR) is 121 cm³/mol. The molecule has 0 amide bonds. The zero-order valence-corrected chi connectivity index (χ0v) is 18.8. The maximum absolute atomic E-state index is 10.4. The Balaban J connectivity index is 1.17. The summed E-state index contributed by atoms with van der Waals surface area (Å²) in [5.74, 6) is 2.47. The lowest BCUT2D eigenvalue weighted by molar-refractivity contribution is 0.0446. The lowest BCUT2D eigenvalue weighted by atomic mass is 9.87. The van der Waals surface area contributed by atoms with Crippen LogP contribution in [0.25, 0.3) is 0 Å². The molecule has 0 aromatic heterocycles. The zero-order chi connectivity index (χ0) is 21.8. The monoisotopic (exact) mass is 426 g/mol. The van der Waals surface area contributed by atoms with E-state index in [1.54, 1.807) is 0 Å². The van der Waals surface area contributed by atoms with Crippen LogP contribution in [0.15, 0.2) is 42.5 Å². The van der Waals surface area contributed by atoms with Crippen LogP contribution in [0.4, 0.5) is 0 Å². The molecule has 1 fully saturated rings. The molecule has 4 rings (SSSR count). The molecule has 0 saturated carbocycles. The second-order valence-corrected chi connectivity index (χ2v) is 9.50. The van der Waals surface area contributed by atoms with Crippen molar-refractivity contribution in [2.75, 3.05) is 46.1 Å². The number of hydrogen-bond donors (Lipinski definition) is 1. The van der Waals surface area contributed by atoms with E-state index in [2.05, 4.69) is 54.8 Å². The number of rotatable bonds is 7. The van der Waals surface area contributed by atoms with Crippen LogP contribution in [0.5, 0.6) is 17.2 Å². The Kier molecular flexibility index (Phi) is 6.70. The Morgan fingerprint density at radius 3 is 2.32 bits per heavy atom. The normalized spacial score (nSPS) is 18.2. The third-order valence-electron chi connectivity index (χ3n) is 5.94. The van der Waals surface area contributed by atoms with Crippen molar-refractivity contribution < 1.29 is 19.3 Å². The minimum atomic E-state index is -0.497. The summed E-state index contributed by atoms with van der Waals surface area (Å²) < 4.78 is 16.7. The number of benzene rings is 2. The third kappa shape index (κ3) is 5.91. The Labute approximate surface area is 185 Å². The van der Waals surface area contributed by atoms with Crippen LogP contribution in [0, 0.1) is 0 Å². The van der Waals surface area contributed by atoms with Crippen LogP contribution in [-0.4, -0.2) is 67.1 Å². The molecule has 2 aromatic rings. The van der Waals surface area contributed by atoms with Crippen LogP contribution in [0.1, 0.15) is 31.9 Å². The Bertz CT molecular complexity index is 855. The van der Waals surface area contributed by atoms with Gasteiger partial charge in [-0.15, -0.1) is 0 Å². The highest BCUT2D eigenvalue weighted by atomic mass is 16.7. The van der Waals surface area contributed by atoms with Crippen LogP contribution >= 0.6 is 0 Å². The molecule has 2 aliphatic heterocycles. The molecule has 1 atom stereocenters. The van der Waals surface area contributed by atoms with Crippen molar-refractivity contribution >= 4 is 0 Å². The molecule has 0 bridgehead atoms. The van der Waals surface area contributed by atoms with Gasteiger partial charge < -0.3 is 19.3 Å². The van der Waals surface area contributed by atoms with Gasteiger partial charge in [0.05, 0.1) is 0 Å². The van der Waals surface area contributed by atoms with E-state index in [1.165, 1.54) is 11.1 Å². The molecule has 2 aromatic carbocycles. The summed E-state index contributed by atoms with van der Waals surface area (Å²) in [6.07, 6.45) is -0.497. The van der Waals surface area contributed by atoms with Gasteiger partial charge in [0.1, 0.15) is 18.5 Å². The van der Waals surface area contributed by atoms with Gasteiger partial charge in [0.25, 0.3) is 0 Å². The number of β-amino-alcohol motifs (C(OH)–C–C–N with tert-alkyl or cyclic N) is 1. The molecule has 6 nitrogen and oxygen atoms in total. The summed E-state index contributed by atoms with van der Waals surface area (Å²) >= 11 is 0. The highest BCUT2D eigenvalue weighted by Crippen LogP contribution is 2.32. The van der Waals surface area contributed by atoms with Crippen molar-refractivity contribution in [1.82, 2.24) is 9.80 Å². The SMILES string of the molecule is CC(C)(C)c1ccc(OCC(O)CN2CCN(Cc3ccc4c(c3)OCO4)CC2)cc1. The van der Waals surface area contributed by atoms with Crippen molar-refractivity contribution in [3.05, 3.63) is 53.6 Å². The summed E-state index contributed by atoms with van der Waals surface area (Å²) in [5, 5.41) is 10.4. The molecule has 1 unspecified atom stereocenters. The predicted octanol–water partition coefficient (Wildman–Crippen LogP) is 3.27. The molecule has 1 saturated heterocycles. The van der Waals surface area contributed by atoms with Gasteiger partial charge in [-0.25, -0.2) is 0 Å². The lowest BCUT2D eigenvalue weighted by Crippen LogP contribution is -2.48. The number of aliphatic hydroxyl groups excluding tert-OH is 1. The standard InChI is InChI=1S/C25H34N2O4/c1-25(2,3)20-5-7-22(8-6-20)29-17-21(28)16-27-12-10-26(11-13-27)15-19-4-9-23-24(14-19)31-18-30-23/h4-9,14,21,28H,10-13,15-18H2,1-3H3. The third-order valence-corrected chi connectivity index (χ3v) is 5.94. The largest absolute Gasteiger partial charge is 0.491 e. The first-order chi connectivity index (χ1) is 14.9. The number of nitrogens with zero attached hydrogens (tertiary/aromatic N) is 2. The smallest absolute Gasteiger partial charge is 0.231 e. The highest BCUT2D eigenvalue weighted by Gasteiger charge is 2.21. The van der Waals surface area contributed by atoms with Crippen molar-refractivity contribution in [2.45, 2.75) is 38.8 Å². The van der Waals surface area contributed by atoms with Gasteiger partial charge in [-0.05, 0) is 40.8 Å². The summed E-state index contributed by atoms with van der Waals surface area (Å²) in [5.41, 5.74) is 2.64. The summed E-state index contributed by atoms with van der Waals surface area (Å²) in [4.78, 5) is 4.75. The lowest BCUT2D eigenvalue weighted by Gasteiger charge is -2.35. The van der Waals surface area contributed by atoms with Gasteiger partial charge in [-0.1, -0.05) is 39.0 Å². The topological polar surface area (TPSA) is 54.4 Å². The highest BCUT2D eigenvalue weighted by molar-refractivity contribution is 5.44.